The second kappa shape index (κ2) is 4.54. The molecule has 0 aliphatic carbocycles. The van der Waals surface area contributed by atoms with Crippen molar-refractivity contribution < 1.29 is 4.79 Å². The molecule has 0 aromatic heterocycles. The van der Waals surface area contributed by atoms with Crippen LogP contribution in [-0.4, -0.2) is 12.8 Å². The molecule has 63 valence electrons. The van der Waals surface area contributed by atoms with Crippen molar-refractivity contribution in [1.29, 1.82) is 0 Å². The van der Waals surface area contributed by atoms with E-state index in [9.17, 15) is 4.79 Å². The Kier molecular flexibility index (Phi) is 3.33. The third-order valence-electron chi connectivity index (χ3n) is 1.70. The first kappa shape index (κ1) is 8.78. The van der Waals surface area contributed by atoms with Crippen molar-refractivity contribution in [3.8, 4) is 0 Å². The van der Waals surface area contributed by atoms with Crippen molar-refractivity contribution in [2.24, 2.45) is 0 Å². The van der Waals surface area contributed by atoms with E-state index in [0.717, 1.165) is 12.1 Å². The predicted molar refractivity (Wildman–Crippen MR) is 50.0 cm³/mol. The summed E-state index contributed by atoms with van der Waals surface area (Å²) in [4.78, 5) is 9.95. The van der Waals surface area contributed by atoms with Crippen LogP contribution in [0.1, 0.15) is 12.5 Å². The van der Waals surface area contributed by atoms with Gasteiger partial charge in [-0.15, -0.1) is 0 Å². The third kappa shape index (κ3) is 2.38. The summed E-state index contributed by atoms with van der Waals surface area (Å²) in [5.74, 6) is 0. The minimum atomic E-state index is 0.257. The predicted octanol–water partition coefficient (Wildman–Crippen LogP) is 1.77. The molecule has 2 heteroatoms. The van der Waals surface area contributed by atoms with Gasteiger partial charge in [0.15, 0.2) is 0 Å². The van der Waals surface area contributed by atoms with Crippen LogP contribution in [0.4, 0.5) is 5.69 Å². The second-order valence-electron chi connectivity index (χ2n) is 2.55. The Bertz CT molecular complexity index is 258. The number of rotatable bonds is 4. The largest absolute Gasteiger partial charge is 0.377 e. The monoisotopic (exact) mass is 162 g/mol. The number of hydrogen-bond donors (Lipinski definition) is 1. The number of anilines is 1. The summed E-state index contributed by atoms with van der Waals surface area (Å²) < 4.78 is 0. The van der Waals surface area contributed by atoms with E-state index in [-0.39, 0.29) is 6.54 Å². The lowest BCUT2D eigenvalue weighted by Gasteiger charge is -2.03. The highest BCUT2D eigenvalue weighted by Gasteiger charge is 1.92. The molecule has 0 spiro atoms. The molecule has 0 unspecified atom stereocenters. The van der Waals surface area contributed by atoms with E-state index in [1.54, 1.807) is 6.29 Å². The number of aryl methyl sites for hydroxylation is 1. The van der Waals surface area contributed by atoms with Crippen LogP contribution in [0.15, 0.2) is 24.3 Å². The maximum atomic E-state index is 9.95. The van der Waals surface area contributed by atoms with Crippen LogP contribution in [0.5, 0.6) is 0 Å². The average molecular weight is 162 g/mol. The summed E-state index contributed by atoms with van der Waals surface area (Å²) >= 11 is 0. The van der Waals surface area contributed by atoms with Gasteiger partial charge in [-0.1, -0.05) is 19.1 Å². The van der Waals surface area contributed by atoms with Crippen LogP contribution < -0.4 is 5.32 Å². The summed E-state index contributed by atoms with van der Waals surface area (Å²) in [5.41, 5.74) is 2.25. The van der Waals surface area contributed by atoms with Crippen LogP contribution in [0, 0.1) is 0 Å². The molecule has 1 aromatic carbocycles. The topological polar surface area (TPSA) is 29.1 Å². The van der Waals surface area contributed by atoms with Crippen LogP contribution in [0.3, 0.4) is 0 Å². The molecule has 0 saturated carbocycles. The molecule has 2 nitrogen and oxygen atoms in total. The standard InChI is InChI=1S/C10H12NO/c1-2-9-4-3-5-10(8-9)11-6-7-12/h3-5,8,11H,2,6H2,1H3. The molecular formula is C10H12NO. The number of hydrogen-bond acceptors (Lipinski definition) is 2. The quantitative estimate of drug-likeness (QED) is 0.731. The van der Waals surface area contributed by atoms with Gasteiger partial charge in [0.2, 0.25) is 6.29 Å². The Morgan fingerprint density at radius 3 is 3.00 bits per heavy atom. The molecule has 0 amide bonds. The van der Waals surface area contributed by atoms with Gasteiger partial charge in [-0.05, 0) is 24.1 Å². The fourth-order valence-electron chi connectivity index (χ4n) is 1.04. The van der Waals surface area contributed by atoms with Crippen LogP contribution in [0.25, 0.3) is 0 Å². The number of nitrogens with one attached hydrogen (secondary N) is 1. The highest BCUT2D eigenvalue weighted by atomic mass is 16.1. The SMILES string of the molecule is CCc1cccc(NC[C]=O)c1. The molecule has 0 fully saturated rings. The summed E-state index contributed by atoms with van der Waals surface area (Å²) in [5, 5.41) is 2.95. The molecule has 1 aromatic rings. The van der Waals surface area contributed by atoms with Crippen molar-refractivity contribution in [3.05, 3.63) is 29.8 Å². The summed E-state index contributed by atoms with van der Waals surface area (Å²) in [6.07, 6.45) is 2.81. The average Bonchev–Trinajstić information content (AvgIpc) is 2.15. The molecule has 12 heavy (non-hydrogen) atoms. The minimum Gasteiger partial charge on any atom is -0.377 e. The molecule has 0 saturated heterocycles. The van der Waals surface area contributed by atoms with E-state index < -0.39 is 0 Å². The zero-order valence-electron chi connectivity index (χ0n) is 7.13. The minimum absolute atomic E-state index is 0.257. The zero-order chi connectivity index (χ0) is 8.81. The normalized spacial score (nSPS) is 9.42. The number of benzene rings is 1. The van der Waals surface area contributed by atoms with Crippen LogP contribution in [-0.2, 0) is 11.2 Å². The molecule has 1 radical (unpaired) electrons. The third-order valence-corrected chi connectivity index (χ3v) is 1.70. The highest BCUT2D eigenvalue weighted by molar-refractivity contribution is 5.60. The van der Waals surface area contributed by atoms with Gasteiger partial charge < -0.3 is 5.32 Å². The molecule has 1 N–H and O–H groups in total. The van der Waals surface area contributed by atoms with E-state index in [2.05, 4.69) is 18.3 Å². The maximum absolute atomic E-state index is 9.95. The molecule has 0 heterocycles. The van der Waals surface area contributed by atoms with Crippen molar-refractivity contribution in [1.82, 2.24) is 0 Å². The van der Waals surface area contributed by atoms with E-state index in [1.807, 2.05) is 18.2 Å². The lowest BCUT2D eigenvalue weighted by atomic mass is 10.1. The summed E-state index contributed by atoms with van der Waals surface area (Å²) in [7, 11) is 0. The van der Waals surface area contributed by atoms with Gasteiger partial charge in [-0.25, -0.2) is 0 Å². The Morgan fingerprint density at radius 1 is 1.50 bits per heavy atom. The van der Waals surface area contributed by atoms with E-state index in [0.29, 0.717) is 0 Å². The lowest BCUT2D eigenvalue weighted by Crippen LogP contribution is -2.01. The fraction of sp³-hybridized carbons (Fsp3) is 0.300. The highest BCUT2D eigenvalue weighted by Crippen LogP contribution is 2.09. The van der Waals surface area contributed by atoms with Gasteiger partial charge in [0.25, 0.3) is 0 Å². The smallest absolute Gasteiger partial charge is 0.219 e. The molecule has 1 rings (SSSR count). The van der Waals surface area contributed by atoms with Gasteiger partial charge in [-0.3, -0.25) is 4.79 Å². The first-order valence-electron chi connectivity index (χ1n) is 4.04. The molecule has 0 atom stereocenters. The van der Waals surface area contributed by atoms with Crippen molar-refractivity contribution in [2.45, 2.75) is 13.3 Å². The molecular weight excluding hydrogens is 150 g/mol. The van der Waals surface area contributed by atoms with Crippen LogP contribution in [0.2, 0.25) is 0 Å². The van der Waals surface area contributed by atoms with E-state index in [4.69, 9.17) is 0 Å². The Hall–Kier alpha value is -1.31. The van der Waals surface area contributed by atoms with E-state index in [1.165, 1.54) is 5.56 Å². The van der Waals surface area contributed by atoms with Gasteiger partial charge in [0, 0.05) is 5.69 Å². The van der Waals surface area contributed by atoms with Crippen molar-refractivity contribution in [2.75, 3.05) is 11.9 Å². The Balaban J connectivity index is 2.65. The second-order valence-corrected chi connectivity index (χ2v) is 2.55. The Morgan fingerprint density at radius 2 is 2.33 bits per heavy atom. The van der Waals surface area contributed by atoms with Gasteiger partial charge in [0.05, 0.1) is 6.54 Å². The van der Waals surface area contributed by atoms with Gasteiger partial charge in [-0.2, -0.15) is 0 Å². The fourth-order valence-corrected chi connectivity index (χ4v) is 1.04. The zero-order valence-corrected chi connectivity index (χ0v) is 7.13. The van der Waals surface area contributed by atoms with Crippen molar-refractivity contribution in [3.63, 3.8) is 0 Å². The maximum Gasteiger partial charge on any atom is 0.219 e. The molecule has 0 aliphatic heterocycles. The summed E-state index contributed by atoms with van der Waals surface area (Å²) in [6.45, 7) is 2.36. The van der Waals surface area contributed by atoms with Crippen molar-refractivity contribution >= 4 is 12.0 Å². The van der Waals surface area contributed by atoms with E-state index >= 15 is 0 Å². The molecule has 0 aliphatic rings. The first-order valence-corrected chi connectivity index (χ1v) is 4.04. The van der Waals surface area contributed by atoms with Gasteiger partial charge in [0.1, 0.15) is 0 Å². The molecule has 0 bridgehead atoms. The summed E-state index contributed by atoms with van der Waals surface area (Å²) in [6, 6.07) is 8.02. The lowest BCUT2D eigenvalue weighted by molar-refractivity contribution is 0.557. The first-order chi connectivity index (χ1) is 5.86. The van der Waals surface area contributed by atoms with Crippen LogP contribution >= 0.6 is 0 Å². The number of carbonyl (C=O) groups excluding carboxylic acids is 1. The Labute approximate surface area is 72.6 Å². The van der Waals surface area contributed by atoms with Gasteiger partial charge >= 0.3 is 0 Å².